The Labute approximate surface area is 133 Å². The van der Waals surface area contributed by atoms with Crippen LogP contribution in [0.3, 0.4) is 0 Å². The highest BCUT2D eigenvalue weighted by atomic mass is 35.5. The van der Waals surface area contributed by atoms with Gasteiger partial charge in [0.1, 0.15) is 6.23 Å². The number of hydrogen-bond acceptors (Lipinski definition) is 2. The summed E-state index contributed by atoms with van der Waals surface area (Å²) in [5.41, 5.74) is 0.977. The predicted octanol–water partition coefficient (Wildman–Crippen LogP) is 3.87. The van der Waals surface area contributed by atoms with Crippen molar-refractivity contribution in [1.82, 2.24) is 4.90 Å². The molecule has 21 heavy (non-hydrogen) atoms. The Balaban J connectivity index is 0.000000267. The van der Waals surface area contributed by atoms with Crippen molar-refractivity contribution in [2.24, 2.45) is 0 Å². The quantitative estimate of drug-likeness (QED) is 0.910. The van der Waals surface area contributed by atoms with Crippen molar-refractivity contribution in [3.63, 3.8) is 0 Å². The smallest absolute Gasteiger partial charge is 0.133 e. The maximum absolute atomic E-state index is 10.1. The molecular formula is C18H22ClNO. The third kappa shape index (κ3) is 6.30. The van der Waals surface area contributed by atoms with E-state index in [2.05, 4.69) is 17.0 Å². The fourth-order valence-electron chi connectivity index (χ4n) is 2.29. The van der Waals surface area contributed by atoms with E-state index in [1.165, 1.54) is 19.3 Å². The van der Waals surface area contributed by atoms with E-state index in [0.717, 1.165) is 18.7 Å². The Kier molecular flexibility index (Phi) is 8.76. The third-order valence-corrected chi connectivity index (χ3v) is 3.39. The number of benzene rings is 2. The van der Waals surface area contributed by atoms with Gasteiger partial charge in [-0.1, -0.05) is 61.0 Å². The second-order valence-corrected chi connectivity index (χ2v) is 4.88. The van der Waals surface area contributed by atoms with Crippen LogP contribution < -0.4 is 0 Å². The summed E-state index contributed by atoms with van der Waals surface area (Å²) < 4.78 is 0. The van der Waals surface area contributed by atoms with Crippen molar-refractivity contribution in [1.29, 1.82) is 0 Å². The van der Waals surface area contributed by atoms with Gasteiger partial charge in [-0.3, -0.25) is 4.90 Å². The van der Waals surface area contributed by atoms with Crippen molar-refractivity contribution >= 4 is 12.4 Å². The minimum atomic E-state index is -0.426. The summed E-state index contributed by atoms with van der Waals surface area (Å²) in [5, 5.41) is 10.1. The van der Waals surface area contributed by atoms with Crippen molar-refractivity contribution in [3.8, 4) is 0 Å². The summed E-state index contributed by atoms with van der Waals surface area (Å²) in [6.07, 6.45) is 3.28. The molecule has 1 aliphatic rings. The molecule has 0 saturated carbocycles. The van der Waals surface area contributed by atoms with Gasteiger partial charge in [0.2, 0.25) is 0 Å². The fraction of sp³-hybridized carbons (Fsp3) is 0.333. The molecule has 2 nitrogen and oxygen atoms in total. The van der Waals surface area contributed by atoms with Crippen LogP contribution in [0.1, 0.15) is 31.1 Å². The summed E-state index contributed by atoms with van der Waals surface area (Å²) in [5.74, 6) is 0. The summed E-state index contributed by atoms with van der Waals surface area (Å²) in [6.45, 7) is 2.03. The Hall–Kier alpha value is -1.35. The van der Waals surface area contributed by atoms with Gasteiger partial charge in [-0.15, -0.1) is 12.4 Å². The monoisotopic (exact) mass is 303 g/mol. The molecule has 2 radical (unpaired) electrons. The van der Waals surface area contributed by atoms with E-state index in [1.807, 2.05) is 54.6 Å². The van der Waals surface area contributed by atoms with E-state index in [0.29, 0.717) is 0 Å². The molecule has 1 unspecified atom stereocenters. The minimum Gasteiger partial charge on any atom is -0.374 e. The summed E-state index contributed by atoms with van der Waals surface area (Å²) in [6, 6.07) is 23.0. The van der Waals surface area contributed by atoms with E-state index in [-0.39, 0.29) is 12.4 Å². The highest BCUT2D eigenvalue weighted by molar-refractivity contribution is 5.85. The van der Waals surface area contributed by atoms with Crippen LogP contribution in [0.5, 0.6) is 0 Å². The molecule has 1 N–H and O–H groups in total. The first-order valence-electron chi connectivity index (χ1n) is 7.17. The van der Waals surface area contributed by atoms with Crippen LogP contribution in [0.4, 0.5) is 0 Å². The largest absolute Gasteiger partial charge is 0.374 e. The van der Waals surface area contributed by atoms with Crippen LogP contribution in [0.25, 0.3) is 0 Å². The lowest BCUT2D eigenvalue weighted by atomic mass is 10.1. The predicted molar refractivity (Wildman–Crippen MR) is 88.2 cm³/mol. The number of aliphatic hydroxyl groups is 1. The number of nitrogens with zero attached hydrogens (tertiary/aromatic N) is 1. The molecular weight excluding hydrogens is 282 g/mol. The Morgan fingerprint density at radius 2 is 1.43 bits per heavy atom. The molecule has 1 heterocycles. The first kappa shape index (κ1) is 17.7. The highest BCUT2D eigenvalue weighted by Crippen LogP contribution is 2.21. The van der Waals surface area contributed by atoms with Crippen molar-refractivity contribution in [2.75, 3.05) is 13.1 Å². The highest BCUT2D eigenvalue weighted by Gasteiger charge is 2.18. The average molecular weight is 304 g/mol. The van der Waals surface area contributed by atoms with Crippen LogP contribution in [0, 0.1) is 12.1 Å². The molecule has 0 spiro atoms. The van der Waals surface area contributed by atoms with Gasteiger partial charge >= 0.3 is 0 Å². The molecule has 0 bridgehead atoms. The second-order valence-electron chi connectivity index (χ2n) is 4.88. The van der Waals surface area contributed by atoms with Gasteiger partial charge in [0.25, 0.3) is 0 Å². The Morgan fingerprint density at radius 1 is 0.857 bits per heavy atom. The molecule has 1 fully saturated rings. The van der Waals surface area contributed by atoms with E-state index in [1.54, 1.807) is 0 Å². The van der Waals surface area contributed by atoms with Gasteiger partial charge in [-0.2, -0.15) is 0 Å². The van der Waals surface area contributed by atoms with Crippen LogP contribution in [-0.4, -0.2) is 23.1 Å². The zero-order chi connectivity index (χ0) is 14.0. The van der Waals surface area contributed by atoms with Crippen molar-refractivity contribution in [3.05, 3.63) is 72.3 Å². The van der Waals surface area contributed by atoms with E-state index < -0.39 is 6.23 Å². The van der Waals surface area contributed by atoms with Gasteiger partial charge < -0.3 is 5.11 Å². The van der Waals surface area contributed by atoms with Crippen molar-refractivity contribution in [2.45, 2.75) is 25.5 Å². The van der Waals surface area contributed by atoms with Gasteiger partial charge in [-0.25, -0.2) is 0 Å². The average Bonchev–Trinajstić information content (AvgIpc) is 2.58. The Morgan fingerprint density at radius 3 is 1.90 bits per heavy atom. The molecule has 1 saturated heterocycles. The summed E-state index contributed by atoms with van der Waals surface area (Å²) in [4.78, 5) is 2.14. The molecule has 112 valence electrons. The molecule has 0 amide bonds. The molecule has 1 atom stereocenters. The molecule has 0 aliphatic carbocycles. The number of aliphatic hydroxyl groups excluding tert-OH is 1. The van der Waals surface area contributed by atoms with E-state index in [9.17, 15) is 5.11 Å². The molecule has 2 aromatic carbocycles. The van der Waals surface area contributed by atoms with E-state index >= 15 is 0 Å². The number of piperidine rings is 1. The molecule has 0 aromatic heterocycles. The van der Waals surface area contributed by atoms with Crippen LogP contribution in [0.2, 0.25) is 0 Å². The number of halogens is 1. The standard InChI is InChI=1S/C12H16NO.C6H5.ClH/c14-12(11-7-3-1-4-8-11)13-9-5-2-6-10-13;1-2-4-6-5-3-1;/h3-4,7-8,12,14H,2,5-6,9-10H2;1-5H;1H. The zero-order valence-corrected chi connectivity index (χ0v) is 12.9. The lowest BCUT2D eigenvalue weighted by Gasteiger charge is -2.31. The maximum atomic E-state index is 10.1. The Bertz CT molecular complexity index is 430. The molecule has 2 aromatic rings. The normalized spacial score (nSPS) is 16.0. The zero-order valence-electron chi connectivity index (χ0n) is 12.1. The van der Waals surface area contributed by atoms with Crippen LogP contribution >= 0.6 is 12.4 Å². The van der Waals surface area contributed by atoms with Crippen LogP contribution in [-0.2, 0) is 0 Å². The van der Waals surface area contributed by atoms with Gasteiger partial charge in [-0.05, 0) is 30.5 Å². The van der Waals surface area contributed by atoms with Crippen molar-refractivity contribution < 1.29 is 5.11 Å². The van der Waals surface area contributed by atoms with Crippen LogP contribution in [0.15, 0.2) is 54.6 Å². The topological polar surface area (TPSA) is 23.5 Å². The first-order chi connectivity index (χ1) is 9.88. The third-order valence-electron chi connectivity index (χ3n) is 3.39. The lowest BCUT2D eigenvalue weighted by molar-refractivity contribution is -0.00982. The lowest BCUT2D eigenvalue weighted by Crippen LogP contribution is -2.33. The maximum Gasteiger partial charge on any atom is 0.133 e. The van der Waals surface area contributed by atoms with Gasteiger partial charge in [0.05, 0.1) is 0 Å². The number of rotatable bonds is 2. The minimum absolute atomic E-state index is 0. The fourth-order valence-corrected chi connectivity index (χ4v) is 2.29. The molecule has 3 heteroatoms. The van der Waals surface area contributed by atoms with Gasteiger partial charge in [0, 0.05) is 13.1 Å². The molecule has 1 aliphatic heterocycles. The second kappa shape index (κ2) is 10.4. The first-order valence-corrected chi connectivity index (χ1v) is 7.17. The van der Waals surface area contributed by atoms with E-state index in [4.69, 9.17) is 0 Å². The number of likely N-dealkylation sites (tertiary alicyclic amines) is 1. The summed E-state index contributed by atoms with van der Waals surface area (Å²) in [7, 11) is 0. The SMILES string of the molecule is Cl.OC(c1cc[c]cc1)N1CCCCC1.[c]1ccccc1. The van der Waals surface area contributed by atoms with Gasteiger partial charge in [0.15, 0.2) is 0 Å². The molecule has 3 rings (SSSR count). The number of hydrogen-bond donors (Lipinski definition) is 1. The summed E-state index contributed by atoms with van der Waals surface area (Å²) >= 11 is 0.